The number of benzene rings is 2. The summed E-state index contributed by atoms with van der Waals surface area (Å²) >= 11 is 0. The molecule has 0 aromatic heterocycles. The summed E-state index contributed by atoms with van der Waals surface area (Å²) in [4.78, 5) is 13.2. The normalized spacial score (nSPS) is 24.5. The summed E-state index contributed by atoms with van der Waals surface area (Å²) in [6, 6.07) is 15.6. The first-order chi connectivity index (χ1) is 15.7. The smallest absolute Gasteiger partial charge is 0.251 e. The van der Waals surface area contributed by atoms with Gasteiger partial charge in [0, 0.05) is 24.7 Å². The van der Waals surface area contributed by atoms with Crippen molar-refractivity contribution in [3.8, 4) is 0 Å². The number of carbonyl (C=O) groups is 1. The van der Waals surface area contributed by atoms with Gasteiger partial charge in [0.25, 0.3) is 5.91 Å². The maximum atomic E-state index is 13.2. The molecular weight excluding hydrogens is 438 g/mol. The van der Waals surface area contributed by atoms with Crippen LogP contribution < -0.4 is 14.9 Å². The average molecular weight is 472 g/mol. The fourth-order valence-corrected chi connectivity index (χ4v) is 4.75. The molecule has 3 unspecified atom stereocenters. The van der Waals surface area contributed by atoms with Crippen molar-refractivity contribution in [1.29, 1.82) is 0 Å². The molecule has 2 aromatic rings. The molecule has 2 aromatic carbocycles. The molecule has 8 heteroatoms. The van der Waals surface area contributed by atoms with E-state index in [-0.39, 0.29) is 24.1 Å². The number of hydrogen-bond donors (Lipinski definition) is 2. The van der Waals surface area contributed by atoms with Crippen LogP contribution >= 0.6 is 0 Å². The van der Waals surface area contributed by atoms with Gasteiger partial charge in [-0.05, 0) is 61.1 Å². The lowest BCUT2D eigenvalue weighted by Crippen LogP contribution is -2.44. The summed E-state index contributed by atoms with van der Waals surface area (Å²) in [5.41, 5.74) is 2.91. The van der Waals surface area contributed by atoms with Gasteiger partial charge in [0.1, 0.15) is 0 Å². The standard InChI is InChI=1S/C25H33N3O4S/c1-17-11-24(17)32-16-19-12-20(15-21(13-19)28(2)33(3,30)31)25(29)27-22-9-10-26-23(22)14-18-7-5-4-6-8-18/h4-8,12-13,15,17,22-24,26H,9-11,14,16H2,1-3H3,(H,27,29)/t17?,22?,23-,24?/m0/s1. The van der Waals surface area contributed by atoms with Crippen LogP contribution in [0, 0.1) is 5.92 Å². The number of hydrogen-bond acceptors (Lipinski definition) is 5. The van der Waals surface area contributed by atoms with E-state index < -0.39 is 10.0 Å². The highest BCUT2D eigenvalue weighted by molar-refractivity contribution is 7.92. The van der Waals surface area contributed by atoms with E-state index in [0.29, 0.717) is 23.8 Å². The first-order valence-electron chi connectivity index (χ1n) is 11.5. The molecule has 1 aliphatic heterocycles. The molecule has 1 amide bonds. The monoisotopic (exact) mass is 471 g/mol. The van der Waals surface area contributed by atoms with Gasteiger partial charge in [0.05, 0.1) is 24.7 Å². The van der Waals surface area contributed by atoms with E-state index >= 15 is 0 Å². The molecule has 7 nitrogen and oxygen atoms in total. The molecule has 178 valence electrons. The molecule has 4 atom stereocenters. The van der Waals surface area contributed by atoms with Crippen LogP contribution in [0.1, 0.15) is 41.3 Å². The van der Waals surface area contributed by atoms with E-state index in [1.807, 2.05) is 18.2 Å². The number of nitrogens with zero attached hydrogens (tertiary/aromatic N) is 1. The number of anilines is 1. The Morgan fingerprint density at radius 1 is 1.18 bits per heavy atom. The van der Waals surface area contributed by atoms with Crippen LogP contribution in [0.2, 0.25) is 0 Å². The van der Waals surface area contributed by atoms with Gasteiger partial charge in [-0.1, -0.05) is 37.3 Å². The Kier molecular flexibility index (Phi) is 7.07. The second-order valence-electron chi connectivity index (χ2n) is 9.30. The Hall–Kier alpha value is -2.42. The Balaban J connectivity index is 1.51. The van der Waals surface area contributed by atoms with Crippen LogP contribution in [0.4, 0.5) is 5.69 Å². The summed E-state index contributed by atoms with van der Waals surface area (Å²) in [7, 11) is -1.96. The fourth-order valence-electron chi connectivity index (χ4n) is 4.26. The van der Waals surface area contributed by atoms with E-state index in [1.54, 1.807) is 18.2 Å². The maximum Gasteiger partial charge on any atom is 0.251 e. The SMILES string of the molecule is CC1CC1OCc1cc(C(=O)NC2CCN[C@H]2Cc2ccccc2)cc(N(C)S(C)(=O)=O)c1. The lowest BCUT2D eigenvalue weighted by atomic mass is 10.00. The van der Waals surface area contributed by atoms with Crippen molar-refractivity contribution in [3.63, 3.8) is 0 Å². The van der Waals surface area contributed by atoms with E-state index in [1.165, 1.54) is 16.9 Å². The van der Waals surface area contributed by atoms with Crippen LogP contribution in [-0.4, -0.2) is 52.4 Å². The lowest BCUT2D eigenvalue weighted by Gasteiger charge is -2.22. The van der Waals surface area contributed by atoms with E-state index in [4.69, 9.17) is 4.74 Å². The molecule has 2 N–H and O–H groups in total. The zero-order chi connectivity index (χ0) is 23.6. The number of ether oxygens (including phenoxy) is 1. The predicted octanol–water partition coefficient (Wildman–Crippen LogP) is 2.71. The van der Waals surface area contributed by atoms with Crippen molar-refractivity contribution in [1.82, 2.24) is 10.6 Å². The maximum absolute atomic E-state index is 13.2. The molecule has 1 saturated carbocycles. The molecule has 2 fully saturated rings. The zero-order valence-corrected chi connectivity index (χ0v) is 20.3. The Bertz CT molecular complexity index is 1090. The molecule has 1 aliphatic carbocycles. The number of nitrogens with one attached hydrogen (secondary N) is 2. The second-order valence-corrected chi connectivity index (χ2v) is 11.3. The van der Waals surface area contributed by atoms with Crippen LogP contribution in [0.3, 0.4) is 0 Å². The van der Waals surface area contributed by atoms with Gasteiger partial charge >= 0.3 is 0 Å². The third-order valence-corrected chi connectivity index (χ3v) is 7.77. The van der Waals surface area contributed by atoms with Gasteiger partial charge in [-0.2, -0.15) is 0 Å². The molecule has 1 heterocycles. The Labute approximate surface area is 196 Å². The van der Waals surface area contributed by atoms with Crippen LogP contribution in [0.5, 0.6) is 0 Å². The quantitative estimate of drug-likeness (QED) is 0.587. The molecule has 0 bridgehead atoms. The summed E-state index contributed by atoms with van der Waals surface area (Å²) < 4.78 is 31.4. The minimum Gasteiger partial charge on any atom is -0.373 e. The van der Waals surface area contributed by atoms with Crippen molar-refractivity contribution >= 4 is 21.6 Å². The first kappa shape index (κ1) is 23.7. The summed E-state index contributed by atoms with van der Waals surface area (Å²) in [6.45, 7) is 3.33. The fraction of sp³-hybridized carbons (Fsp3) is 0.480. The molecule has 4 rings (SSSR count). The van der Waals surface area contributed by atoms with Gasteiger partial charge < -0.3 is 15.4 Å². The Morgan fingerprint density at radius 3 is 2.58 bits per heavy atom. The van der Waals surface area contributed by atoms with E-state index in [2.05, 4.69) is 29.7 Å². The number of rotatable bonds is 9. The third kappa shape index (κ3) is 6.13. The van der Waals surface area contributed by atoms with Crippen molar-refractivity contribution in [2.45, 2.75) is 51.0 Å². The highest BCUT2D eigenvalue weighted by atomic mass is 32.2. The topological polar surface area (TPSA) is 87.7 Å². The Morgan fingerprint density at radius 2 is 1.91 bits per heavy atom. The predicted molar refractivity (Wildman–Crippen MR) is 130 cm³/mol. The van der Waals surface area contributed by atoms with Gasteiger partial charge in [-0.3, -0.25) is 9.10 Å². The second kappa shape index (κ2) is 9.83. The lowest BCUT2D eigenvalue weighted by molar-refractivity contribution is 0.0929. The number of carbonyl (C=O) groups excluding carboxylic acids is 1. The van der Waals surface area contributed by atoms with E-state index in [9.17, 15) is 13.2 Å². The molecule has 0 radical (unpaired) electrons. The highest BCUT2D eigenvalue weighted by Crippen LogP contribution is 2.34. The highest BCUT2D eigenvalue weighted by Gasteiger charge is 2.33. The van der Waals surface area contributed by atoms with E-state index in [0.717, 1.165) is 37.6 Å². The summed E-state index contributed by atoms with van der Waals surface area (Å²) in [6.07, 6.45) is 4.11. The molecule has 2 aliphatic rings. The van der Waals surface area contributed by atoms with Crippen LogP contribution in [-0.2, 0) is 27.8 Å². The van der Waals surface area contributed by atoms with Gasteiger partial charge in [-0.25, -0.2) is 8.42 Å². The van der Waals surface area contributed by atoms with Crippen molar-refractivity contribution in [3.05, 3.63) is 65.2 Å². The zero-order valence-electron chi connectivity index (χ0n) is 19.5. The van der Waals surface area contributed by atoms with Crippen molar-refractivity contribution in [2.75, 3.05) is 24.2 Å². The average Bonchev–Trinajstić information content (AvgIpc) is 3.33. The third-order valence-electron chi connectivity index (χ3n) is 6.56. The molecule has 0 spiro atoms. The largest absolute Gasteiger partial charge is 0.373 e. The molecular formula is C25H33N3O4S. The minimum atomic E-state index is -3.46. The minimum absolute atomic E-state index is 0.000938. The van der Waals surface area contributed by atoms with Gasteiger partial charge in [-0.15, -0.1) is 0 Å². The number of amides is 1. The molecule has 33 heavy (non-hydrogen) atoms. The van der Waals surface area contributed by atoms with Crippen LogP contribution in [0.15, 0.2) is 48.5 Å². The van der Waals surface area contributed by atoms with Gasteiger partial charge in [0.15, 0.2) is 0 Å². The molecule has 1 saturated heterocycles. The summed E-state index contributed by atoms with van der Waals surface area (Å²) in [5, 5.41) is 6.67. The van der Waals surface area contributed by atoms with Crippen molar-refractivity contribution < 1.29 is 17.9 Å². The van der Waals surface area contributed by atoms with Crippen molar-refractivity contribution in [2.24, 2.45) is 5.92 Å². The summed E-state index contributed by atoms with van der Waals surface area (Å²) in [5.74, 6) is 0.345. The van der Waals surface area contributed by atoms with Crippen LogP contribution in [0.25, 0.3) is 0 Å². The van der Waals surface area contributed by atoms with Gasteiger partial charge in [0.2, 0.25) is 10.0 Å². The first-order valence-corrected chi connectivity index (χ1v) is 13.3. The number of sulfonamides is 1.